The van der Waals surface area contributed by atoms with Crippen molar-refractivity contribution in [3.05, 3.63) is 0 Å². The molecule has 0 aliphatic rings. The van der Waals surface area contributed by atoms with E-state index in [0.29, 0.717) is 0 Å². The van der Waals surface area contributed by atoms with Gasteiger partial charge in [0.2, 0.25) is 0 Å². The van der Waals surface area contributed by atoms with Crippen LogP contribution in [0.1, 0.15) is 46.0 Å². The van der Waals surface area contributed by atoms with Gasteiger partial charge in [-0.3, -0.25) is 0 Å². The molecule has 0 bridgehead atoms. The van der Waals surface area contributed by atoms with Crippen LogP contribution in [0.25, 0.3) is 0 Å². The molecule has 1 unspecified atom stereocenters. The molecule has 4 heteroatoms. The summed E-state index contributed by atoms with van der Waals surface area (Å²) in [6, 6.07) is 0. The summed E-state index contributed by atoms with van der Waals surface area (Å²) in [5.41, 5.74) is 0. The third-order valence-electron chi connectivity index (χ3n) is 1.75. The topological polar surface area (TPSA) is 40.1 Å². The van der Waals surface area contributed by atoms with Gasteiger partial charge >= 0.3 is 71.7 Å². The second kappa shape index (κ2) is 18.5. The summed E-state index contributed by atoms with van der Waals surface area (Å²) in [5.74, 6) is 0. The Morgan fingerprint density at radius 2 is 1.69 bits per heavy atom. The van der Waals surface area contributed by atoms with Crippen molar-refractivity contribution in [2.75, 3.05) is 0 Å². The summed E-state index contributed by atoms with van der Waals surface area (Å²) >= 11 is 0.813. The Morgan fingerprint density at radius 1 is 1.08 bits per heavy atom. The molecule has 0 aliphatic heterocycles. The van der Waals surface area contributed by atoms with Crippen molar-refractivity contribution in [3.63, 3.8) is 0 Å². The normalized spacial score (nSPS) is 9.46. The van der Waals surface area contributed by atoms with Gasteiger partial charge in [0.15, 0.2) is 0 Å². The Bertz CT molecular complexity index is 83.7. The van der Waals surface area contributed by atoms with Crippen LogP contribution in [0.4, 0.5) is 0 Å². The monoisotopic (exact) mass is 220 g/mol. The van der Waals surface area contributed by atoms with Gasteiger partial charge in [0, 0.05) is 0 Å². The van der Waals surface area contributed by atoms with E-state index in [1.54, 1.807) is 5.28 Å². The summed E-state index contributed by atoms with van der Waals surface area (Å²) in [6.45, 7) is 4.57. The summed E-state index contributed by atoms with van der Waals surface area (Å²) in [7, 11) is -1.75. The summed E-state index contributed by atoms with van der Waals surface area (Å²) < 4.78 is 8.46. The van der Waals surface area contributed by atoms with E-state index in [1.165, 1.54) is 37.4 Å². The largest absolute Gasteiger partial charge is 0.804 e. The minimum atomic E-state index is -1.75. The first-order chi connectivity index (χ1) is 6.33. The molecule has 0 heterocycles. The zero-order valence-electron chi connectivity index (χ0n) is 8.92. The van der Waals surface area contributed by atoms with Crippen LogP contribution in [0, 0.1) is 0 Å². The molecule has 0 radical (unpaired) electrons. The Kier molecular flexibility index (Phi) is 23.0. The van der Waals surface area contributed by atoms with Gasteiger partial charge in [0.25, 0.3) is 0 Å². The van der Waals surface area contributed by atoms with Crippen molar-refractivity contribution >= 4 is 23.9 Å². The molecule has 0 aromatic carbocycles. The fourth-order valence-corrected chi connectivity index (χ4v) is 2.34. The maximum atomic E-state index is 8.46. The molecular weight excluding hydrogens is 198 g/mol. The molecule has 0 spiro atoms. The SMILES string of the molecule is CCCCC[CH2][Al+][CH2]CC.O=[PH2][O-]. The maximum absolute atomic E-state index is 8.46. The fraction of sp³-hybridized carbons (Fsp3) is 1.00. The van der Waals surface area contributed by atoms with Crippen LogP contribution in [0.3, 0.4) is 0 Å². The van der Waals surface area contributed by atoms with E-state index in [-0.39, 0.29) is 0 Å². The standard InChI is InChI=1S/C6H13.C3H7.Al.H3O2P/c1-3-5-6-4-2;1-3-2;;1-3-2/h1,3-6H2,2H3;1,3H2,2H3;;3H2,(H,1,2)/q;;+1;/p-1. The van der Waals surface area contributed by atoms with Crippen molar-refractivity contribution in [3.8, 4) is 0 Å². The minimum Gasteiger partial charge on any atom is -0.804 e. The average Bonchev–Trinajstić information content (AvgIpc) is 2.13. The molecule has 0 aromatic heterocycles. The van der Waals surface area contributed by atoms with Crippen LogP contribution < -0.4 is 4.89 Å². The van der Waals surface area contributed by atoms with Gasteiger partial charge in [-0.05, 0) is 8.69 Å². The van der Waals surface area contributed by atoms with Gasteiger partial charge < -0.3 is 9.46 Å². The number of rotatable bonds is 7. The molecule has 0 N–H and O–H groups in total. The summed E-state index contributed by atoms with van der Waals surface area (Å²) in [5, 5.41) is 3.07. The molecular formula is C9H22AlO2P. The van der Waals surface area contributed by atoms with E-state index in [4.69, 9.17) is 9.46 Å². The number of hydrogen-bond donors (Lipinski definition) is 0. The van der Waals surface area contributed by atoms with Gasteiger partial charge in [-0.25, -0.2) is 0 Å². The minimum absolute atomic E-state index is 0.813. The molecule has 2 nitrogen and oxygen atoms in total. The van der Waals surface area contributed by atoms with E-state index in [2.05, 4.69) is 13.8 Å². The zero-order chi connectivity index (χ0) is 10.4. The molecule has 1 atom stereocenters. The molecule has 0 amide bonds. The van der Waals surface area contributed by atoms with E-state index in [1.807, 2.05) is 0 Å². The second-order valence-corrected chi connectivity index (χ2v) is 4.95. The predicted molar refractivity (Wildman–Crippen MR) is 60.2 cm³/mol. The van der Waals surface area contributed by atoms with Gasteiger partial charge in [-0.15, -0.1) is 0 Å². The average molecular weight is 220 g/mol. The van der Waals surface area contributed by atoms with Crippen molar-refractivity contribution in [2.24, 2.45) is 0 Å². The third-order valence-corrected chi connectivity index (χ3v) is 3.56. The van der Waals surface area contributed by atoms with Crippen molar-refractivity contribution in [1.82, 2.24) is 0 Å². The zero-order valence-corrected chi connectivity index (χ0v) is 11.2. The van der Waals surface area contributed by atoms with E-state index < -0.39 is 8.69 Å². The van der Waals surface area contributed by atoms with Crippen molar-refractivity contribution < 1.29 is 9.46 Å². The molecule has 78 valence electrons. The molecule has 0 saturated carbocycles. The van der Waals surface area contributed by atoms with Crippen LogP contribution in [-0.2, 0) is 4.57 Å². The first kappa shape index (κ1) is 16.2. The van der Waals surface area contributed by atoms with E-state index >= 15 is 0 Å². The van der Waals surface area contributed by atoms with Crippen molar-refractivity contribution in [2.45, 2.75) is 56.5 Å². The predicted octanol–water partition coefficient (Wildman–Crippen LogP) is 2.54. The molecule has 13 heavy (non-hydrogen) atoms. The Hall–Kier alpha value is 0.722. The van der Waals surface area contributed by atoms with Gasteiger partial charge in [-0.2, -0.15) is 0 Å². The number of unbranched alkanes of at least 4 members (excludes halogenated alkanes) is 3. The van der Waals surface area contributed by atoms with Gasteiger partial charge in [0.05, 0.1) is 0 Å². The Labute approximate surface area is 90.1 Å². The second-order valence-electron chi connectivity index (χ2n) is 3.02. The summed E-state index contributed by atoms with van der Waals surface area (Å²) in [6.07, 6.45) is 7.22. The Balaban J connectivity index is 0. The van der Waals surface area contributed by atoms with Crippen LogP contribution >= 0.6 is 8.69 Å². The molecule has 0 fully saturated rings. The first-order valence-electron chi connectivity index (χ1n) is 5.20. The van der Waals surface area contributed by atoms with Crippen LogP contribution in [-0.4, -0.2) is 15.2 Å². The molecule has 0 rings (SSSR count). The number of hydrogen-bond acceptors (Lipinski definition) is 2. The van der Waals surface area contributed by atoms with Crippen LogP contribution in [0.2, 0.25) is 10.6 Å². The molecule has 0 aromatic rings. The van der Waals surface area contributed by atoms with Crippen molar-refractivity contribution in [1.29, 1.82) is 0 Å². The molecule has 0 saturated heterocycles. The summed E-state index contributed by atoms with van der Waals surface area (Å²) in [4.78, 5) is 8.46. The van der Waals surface area contributed by atoms with E-state index in [0.717, 1.165) is 15.2 Å². The fourth-order valence-electron chi connectivity index (χ4n) is 1.06. The molecule has 0 aliphatic carbocycles. The maximum Gasteiger partial charge on any atom is -0.0110 e. The van der Waals surface area contributed by atoms with Gasteiger partial charge in [0.1, 0.15) is 0 Å². The Morgan fingerprint density at radius 3 is 2.15 bits per heavy atom. The first-order valence-corrected chi connectivity index (χ1v) is 7.78. The van der Waals surface area contributed by atoms with Crippen LogP contribution in [0.15, 0.2) is 0 Å². The van der Waals surface area contributed by atoms with Gasteiger partial charge in [-0.1, -0.05) is 0 Å². The van der Waals surface area contributed by atoms with E-state index in [9.17, 15) is 0 Å². The van der Waals surface area contributed by atoms with Crippen LogP contribution in [0.5, 0.6) is 0 Å². The third kappa shape index (κ3) is 24.5. The smallest absolute Gasteiger partial charge is 0.0110 e. The quantitative estimate of drug-likeness (QED) is 0.376.